The molecule has 0 aliphatic rings. The lowest BCUT2D eigenvalue weighted by molar-refractivity contribution is 0.598. The van der Waals surface area contributed by atoms with Crippen LogP contribution in [0, 0.1) is 0 Å². The zero-order valence-corrected chi connectivity index (χ0v) is 7.71. The van der Waals surface area contributed by atoms with E-state index in [-0.39, 0.29) is 5.03 Å². The summed E-state index contributed by atoms with van der Waals surface area (Å²) in [5.41, 5.74) is 0. The maximum absolute atomic E-state index is 10.8. The number of aromatic nitrogens is 1. The predicted molar refractivity (Wildman–Crippen MR) is 48.6 cm³/mol. The van der Waals surface area contributed by atoms with Gasteiger partial charge in [0.15, 0.2) is 14.9 Å². The first kappa shape index (κ1) is 10.8. The Hall–Kier alpha value is -1.16. The third-order valence-corrected chi connectivity index (χ3v) is 2.02. The molecule has 12 heavy (non-hydrogen) atoms. The van der Waals surface area contributed by atoms with Crippen LogP contribution in [-0.2, 0) is 9.84 Å². The fourth-order valence-electron chi connectivity index (χ4n) is 0.566. The van der Waals surface area contributed by atoms with Gasteiger partial charge in [-0.25, -0.2) is 13.4 Å². The van der Waals surface area contributed by atoms with Gasteiger partial charge in [-0.05, 0) is 12.1 Å². The van der Waals surface area contributed by atoms with Crippen molar-refractivity contribution in [2.45, 2.75) is 5.03 Å². The maximum Gasteiger partial charge on any atom is 0.192 e. The van der Waals surface area contributed by atoms with Gasteiger partial charge in [0.1, 0.15) is 0 Å². The van der Waals surface area contributed by atoms with E-state index in [1.807, 2.05) is 0 Å². The van der Waals surface area contributed by atoms with Crippen molar-refractivity contribution in [2.75, 3.05) is 6.26 Å². The molecule has 0 aliphatic carbocycles. The molecular weight excluding hydrogens is 174 g/mol. The van der Waals surface area contributed by atoms with Crippen molar-refractivity contribution in [3.8, 4) is 0 Å². The van der Waals surface area contributed by atoms with E-state index in [2.05, 4.69) is 18.1 Å². The van der Waals surface area contributed by atoms with Gasteiger partial charge < -0.3 is 0 Å². The number of sulfone groups is 1. The van der Waals surface area contributed by atoms with E-state index in [0.717, 1.165) is 6.26 Å². The molecule has 1 rings (SSSR count). The van der Waals surface area contributed by atoms with Gasteiger partial charge in [-0.3, -0.25) is 0 Å². The molecule has 1 aromatic heterocycles. The van der Waals surface area contributed by atoms with Gasteiger partial charge in [-0.15, -0.1) is 13.2 Å². The number of hydrogen-bond acceptors (Lipinski definition) is 3. The average molecular weight is 185 g/mol. The van der Waals surface area contributed by atoms with Crippen molar-refractivity contribution in [2.24, 2.45) is 0 Å². The van der Waals surface area contributed by atoms with E-state index < -0.39 is 9.84 Å². The Bertz CT molecular complexity index is 318. The molecule has 0 amide bonds. The molecule has 3 nitrogen and oxygen atoms in total. The Morgan fingerprint density at radius 1 is 1.33 bits per heavy atom. The third-order valence-electron chi connectivity index (χ3n) is 1.02. The van der Waals surface area contributed by atoms with Crippen molar-refractivity contribution in [3.63, 3.8) is 0 Å². The standard InChI is InChI=1S/C6H7NO2S.C2H4/c1-10(8,9)6-4-2-3-5-7-6;1-2/h2-5H,1H3;1-2H2. The lowest BCUT2D eigenvalue weighted by Gasteiger charge is -1.92. The first-order valence-corrected chi connectivity index (χ1v) is 5.11. The van der Waals surface area contributed by atoms with E-state index in [9.17, 15) is 8.42 Å². The van der Waals surface area contributed by atoms with Crippen LogP contribution in [0.4, 0.5) is 0 Å². The molecule has 1 aromatic rings. The van der Waals surface area contributed by atoms with Crippen molar-refractivity contribution >= 4 is 9.84 Å². The van der Waals surface area contributed by atoms with Gasteiger partial charge in [0, 0.05) is 12.5 Å². The second kappa shape index (κ2) is 4.66. The Morgan fingerprint density at radius 3 is 2.17 bits per heavy atom. The second-order valence-corrected chi connectivity index (χ2v) is 3.90. The van der Waals surface area contributed by atoms with Gasteiger partial charge in [-0.1, -0.05) is 6.07 Å². The summed E-state index contributed by atoms with van der Waals surface area (Å²) in [5.74, 6) is 0. The van der Waals surface area contributed by atoms with Crippen molar-refractivity contribution < 1.29 is 8.42 Å². The molecule has 4 heteroatoms. The minimum Gasteiger partial charge on any atom is -0.245 e. The Labute approximate surface area is 72.7 Å². The molecule has 0 saturated carbocycles. The summed E-state index contributed by atoms with van der Waals surface area (Å²) in [6, 6.07) is 4.79. The molecular formula is C8H11NO2S. The molecule has 0 fully saturated rings. The summed E-state index contributed by atoms with van der Waals surface area (Å²) < 4.78 is 21.5. The second-order valence-electron chi connectivity index (χ2n) is 1.94. The van der Waals surface area contributed by atoms with E-state index in [1.165, 1.54) is 12.3 Å². The molecule has 0 atom stereocenters. The summed E-state index contributed by atoms with van der Waals surface area (Å²) in [6.07, 6.45) is 2.59. The lowest BCUT2D eigenvalue weighted by atomic mass is 10.5. The molecule has 66 valence electrons. The summed E-state index contributed by atoms with van der Waals surface area (Å²) in [5, 5.41) is 0.120. The van der Waals surface area contributed by atoms with Crippen LogP contribution in [0.15, 0.2) is 42.6 Å². The lowest BCUT2D eigenvalue weighted by Crippen LogP contribution is -1.98. The molecule has 0 spiro atoms. The largest absolute Gasteiger partial charge is 0.245 e. The molecule has 0 bridgehead atoms. The zero-order valence-electron chi connectivity index (χ0n) is 6.90. The number of nitrogens with zero attached hydrogens (tertiary/aromatic N) is 1. The van der Waals surface area contributed by atoms with Crippen LogP contribution in [0.5, 0.6) is 0 Å². The molecule has 0 saturated heterocycles. The van der Waals surface area contributed by atoms with Crippen molar-refractivity contribution in [1.29, 1.82) is 0 Å². The van der Waals surface area contributed by atoms with Gasteiger partial charge in [-0.2, -0.15) is 0 Å². The minimum atomic E-state index is -3.11. The van der Waals surface area contributed by atoms with Crippen LogP contribution in [0.1, 0.15) is 0 Å². The summed E-state index contributed by atoms with van der Waals surface area (Å²) in [7, 11) is -3.11. The Kier molecular flexibility index (Phi) is 4.21. The molecule has 0 aromatic carbocycles. The first-order valence-electron chi connectivity index (χ1n) is 3.22. The van der Waals surface area contributed by atoms with Gasteiger partial charge in [0.2, 0.25) is 0 Å². The highest BCUT2D eigenvalue weighted by atomic mass is 32.2. The van der Waals surface area contributed by atoms with Gasteiger partial charge in [0.05, 0.1) is 0 Å². The zero-order chi connectivity index (χ0) is 9.61. The van der Waals surface area contributed by atoms with Crippen LogP contribution in [0.2, 0.25) is 0 Å². The van der Waals surface area contributed by atoms with Crippen molar-refractivity contribution in [3.05, 3.63) is 37.6 Å². The average Bonchev–Trinajstić information content (AvgIpc) is 2.08. The summed E-state index contributed by atoms with van der Waals surface area (Å²) in [4.78, 5) is 3.66. The SMILES string of the molecule is C=C.CS(=O)(=O)c1ccccn1. The maximum atomic E-state index is 10.8. The Morgan fingerprint density at radius 2 is 1.92 bits per heavy atom. The normalized spacial score (nSPS) is 9.75. The summed E-state index contributed by atoms with van der Waals surface area (Å²) in [6.45, 7) is 6.00. The fraction of sp³-hybridized carbons (Fsp3) is 0.125. The highest BCUT2D eigenvalue weighted by molar-refractivity contribution is 7.90. The van der Waals surface area contributed by atoms with E-state index in [4.69, 9.17) is 0 Å². The molecule has 0 radical (unpaired) electrons. The number of rotatable bonds is 1. The van der Waals surface area contributed by atoms with Crippen LogP contribution >= 0.6 is 0 Å². The summed E-state index contributed by atoms with van der Waals surface area (Å²) >= 11 is 0. The number of hydrogen-bond donors (Lipinski definition) is 0. The quantitative estimate of drug-likeness (QED) is 0.619. The van der Waals surface area contributed by atoms with Crippen LogP contribution in [0.3, 0.4) is 0 Å². The van der Waals surface area contributed by atoms with Crippen LogP contribution in [0.25, 0.3) is 0 Å². The third kappa shape index (κ3) is 3.30. The smallest absolute Gasteiger partial charge is 0.192 e. The monoisotopic (exact) mass is 185 g/mol. The highest BCUT2D eigenvalue weighted by Gasteiger charge is 2.05. The predicted octanol–water partition coefficient (Wildman–Crippen LogP) is 1.29. The highest BCUT2D eigenvalue weighted by Crippen LogP contribution is 2.00. The van der Waals surface area contributed by atoms with Crippen LogP contribution < -0.4 is 0 Å². The first-order chi connectivity index (χ1) is 5.61. The molecule has 1 heterocycles. The van der Waals surface area contributed by atoms with E-state index in [1.54, 1.807) is 12.1 Å². The fourth-order valence-corrected chi connectivity index (χ4v) is 1.14. The molecule has 0 N–H and O–H groups in total. The van der Waals surface area contributed by atoms with Crippen molar-refractivity contribution in [1.82, 2.24) is 4.98 Å². The van der Waals surface area contributed by atoms with Gasteiger partial charge in [0.25, 0.3) is 0 Å². The Balaban J connectivity index is 0.000000561. The number of pyridine rings is 1. The minimum absolute atomic E-state index is 0.120. The molecule has 0 unspecified atom stereocenters. The molecule has 0 aliphatic heterocycles. The van der Waals surface area contributed by atoms with E-state index >= 15 is 0 Å². The van der Waals surface area contributed by atoms with Gasteiger partial charge >= 0.3 is 0 Å². The topological polar surface area (TPSA) is 47.0 Å². The van der Waals surface area contributed by atoms with Crippen LogP contribution in [-0.4, -0.2) is 19.7 Å². The van der Waals surface area contributed by atoms with E-state index in [0.29, 0.717) is 0 Å².